The first-order chi connectivity index (χ1) is 9.86. The van der Waals surface area contributed by atoms with Crippen molar-refractivity contribution in [3.8, 4) is 6.07 Å². The highest BCUT2D eigenvalue weighted by atomic mass is 35.5. The van der Waals surface area contributed by atoms with E-state index in [0.717, 1.165) is 16.9 Å². The van der Waals surface area contributed by atoms with Gasteiger partial charge in [-0.3, -0.25) is 0 Å². The SMILES string of the molecule is CC(c1cccc(Cl)c1)N(C)S(=O)(=O)c1ccc(C#N)s1. The Kier molecular flexibility index (Phi) is 4.69. The zero-order valence-corrected chi connectivity index (χ0v) is 13.8. The molecule has 0 fully saturated rings. The van der Waals surface area contributed by atoms with Gasteiger partial charge in [0.05, 0.1) is 0 Å². The Morgan fingerprint density at radius 2 is 2.05 bits per heavy atom. The van der Waals surface area contributed by atoms with E-state index in [1.54, 1.807) is 25.1 Å². The number of halogens is 1. The molecule has 0 bridgehead atoms. The number of hydrogen-bond donors (Lipinski definition) is 0. The van der Waals surface area contributed by atoms with Crippen LogP contribution in [0.1, 0.15) is 23.4 Å². The quantitative estimate of drug-likeness (QED) is 0.853. The molecule has 0 saturated carbocycles. The van der Waals surface area contributed by atoms with Crippen LogP contribution in [0.2, 0.25) is 5.02 Å². The standard InChI is InChI=1S/C14H13ClN2O2S2/c1-10(11-4-3-5-12(15)8-11)17(2)21(18,19)14-7-6-13(9-16)20-14/h3-8,10H,1-2H3. The predicted molar refractivity (Wildman–Crippen MR) is 83.8 cm³/mol. The van der Waals surface area contributed by atoms with Gasteiger partial charge >= 0.3 is 0 Å². The minimum atomic E-state index is -3.63. The molecule has 0 amide bonds. The monoisotopic (exact) mass is 340 g/mol. The Labute approximate surface area is 133 Å². The summed E-state index contributed by atoms with van der Waals surface area (Å²) >= 11 is 6.91. The van der Waals surface area contributed by atoms with Crippen molar-refractivity contribution in [1.82, 2.24) is 4.31 Å². The Bertz CT molecular complexity index is 793. The van der Waals surface area contributed by atoms with Crippen LogP contribution in [-0.2, 0) is 10.0 Å². The fourth-order valence-corrected chi connectivity index (χ4v) is 4.68. The van der Waals surface area contributed by atoms with E-state index in [0.29, 0.717) is 9.90 Å². The molecule has 0 aliphatic carbocycles. The van der Waals surface area contributed by atoms with Crippen molar-refractivity contribution in [2.24, 2.45) is 0 Å². The van der Waals surface area contributed by atoms with Gasteiger partial charge in [-0.15, -0.1) is 11.3 Å². The van der Waals surface area contributed by atoms with Crippen LogP contribution in [0.4, 0.5) is 0 Å². The lowest BCUT2D eigenvalue weighted by Crippen LogP contribution is -2.29. The summed E-state index contributed by atoms with van der Waals surface area (Å²) in [5.74, 6) is 0. The highest BCUT2D eigenvalue weighted by Crippen LogP contribution is 2.30. The van der Waals surface area contributed by atoms with Crippen LogP contribution in [0.3, 0.4) is 0 Å². The van der Waals surface area contributed by atoms with Gasteiger partial charge in [0.1, 0.15) is 15.2 Å². The molecule has 0 aliphatic heterocycles. The number of nitriles is 1. The molecule has 1 heterocycles. The van der Waals surface area contributed by atoms with E-state index >= 15 is 0 Å². The van der Waals surface area contributed by atoms with Crippen molar-refractivity contribution in [3.63, 3.8) is 0 Å². The number of hydrogen-bond acceptors (Lipinski definition) is 4. The molecule has 7 heteroatoms. The molecular formula is C14H13ClN2O2S2. The first-order valence-corrected chi connectivity index (χ1v) is 8.73. The molecule has 2 rings (SSSR count). The normalized spacial score (nSPS) is 13.1. The van der Waals surface area contributed by atoms with Crippen LogP contribution >= 0.6 is 22.9 Å². The van der Waals surface area contributed by atoms with E-state index in [-0.39, 0.29) is 10.3 Å². The van der Waals surface area contributed by atoms with Crippen molar-refractivity contribution >= 4 is 33.0 Å². The molecule has 0 radical (unpaired) electrons. The number of benzene rings is 1. The summed E-state index contributed by atoms with van der Waals surface area (Å²) in [5.41, 5.74) is 0.811. The maximum absolute atomic E-state index is 12.6. The van der Waals surface area contributed by atoms with E-state index in [9.17, 15) is 8.42 Å². The van der Waals surface area contributed by atoms with Crippen LogP contribution in [0.25, 0.3) is 0 Å². The Balaban J connectivity index is 2.34. The third-order valence-electron chi connectivity index (χ3n) is 3.20. The molecule has 0 saturated heterocycles. The summed E-state index contributed by atoms with van der Waals surface area (Å²) < 4.78 is 26.6. The zero-order chi connectivity index (χ0) is 15.6. The molecule has 110 valence electrons. The van der Waals surface area contributed by atoms with Gasteiger partial charge < -0.3 is 0 Å². The van der Waals surface area contributed by atoms with Crippen LogP contribution < -0.4 is 0 Å². The van der Waals surface area contributed by atoms with Gasteiger partial charge in [-0.2, -0.15) is 9.57 Å². The topological polar surface area (TPSA) is 61.2 Å². The van der Waals surface area contributed by atoms with Crippen LogP contribution in [0, 0.1) is 11.3 Å². The molecule has 4 nitrogen and oxygen atoms in total. The first kappa shape index (κ1) is 16.0. The highest BCUT2D eigenvalue weighted by molar-refractivity contribution is 7.91. The molecule has 21 heavy (non-hydrogen) atoms. The lowest BCUT2D eigenvalue weighted by atomic mass is 10.1. The van der Waals surface area contributed by atoms with E-state index in [1.807, 2.05) is 12.1 Å². The van der Waals surface area contributed by atoms with E-state index < -0.39 is 10.0 Å². The van der Waals surface area contributed by atoms with Gasteiger partial charge in [-0.05, 0) is 36.8 Å². The maximum Gasteiger partial charge on any atom is 0.252 e. The van der Waals surface area contributed by atoms with Crippen LogP contribution in [0.5, 0.6) is 0 Å². The Morgan fingerprint density at radius 3 is 2.62 bits per heavy atom. The third kappa shape index (κ3) is 3.27. The second-order valence-corrected chi connectivity index (χ2v) is 8.23. The molecule has 1 aromatic carbocycles. The molecule has 1 unspecified atom stereocenters. The molecule has 0 spiro atoms. The summed E-state index contributed by atoms with van der Waals surface area (Å²) in [4.78, 5) is 0.373. The zero-order valence-electron chi connectivity index (χ0n) is 11.4. The van der Waals surface area contributed by atoms with E-state index in [1.165, 1.54) is 23.5 Å². The molecule has 0 N–H and O–H groups in total. The highest BCUT2D eigenvalue weighted by Gasteiger charge is 2.27. The van der Waals surface area contributed by atoms with E-state index in [2.05, 4.69) is 0 Å². The van der Waals surface area contributed by atoms with Gasteiger partial charge in [-0.1, -0.05) is 23.7 Å². The van der Waals surface area contributed by atoms with Crippen LogP contribution in [0.15, 0.2) is 40.6 Å². The minimum absolute atomic E-state index is 0.162. The van der Waals surface area contributed by atoms with E-state index in [4.69, 9.17) is 16.9 Å². The molecule has 1 aromatic heterocycles. The summed E-state index contributed by atoms with van der Waals surface area (Å²) in [7, 11) is -2.11. The van der Waals surface area contributed by atoms with Crippen molar-refractivity contribution in [2.45, 2.75) is 17.2 Å². The second-order valence-electron chi connectivity index (χ2n) is 4.48. The average Bonchev–Trinajstić information content (AvgIpc) is 2.95. The summed E-state index contributed by atoms with van der Waals surface area (Å²) in [6, 6.07) is 11.7. The summed E-state index contributed by atoms with van der Waals surface area (Å²) in [6.07, 6.45) is 0. The van der Waals surface area contributed by atoms with Gasteiger partial charge in [-0.25, -0.2) is 8.42 Å². The fraction of sp³-hybridized carbons (Fsp3) is 0.214. The van der Waals surface area contributed by atoms with Gasteiger partial charge in [0.25, 0.3) is 10.0 Å². The largest absolute Gasteiger partial charge is 0.252 e. The molecule has 0 aliphatic rings. The van der Waals surface area contributed by atoms with Crippen molar-refractivity contribution in [3.05, 3.63) is 51.9 Å². The minimum Gasteiger partial charge on any atom is -0.206 e. The van der Waals surface area contributed by atoms with Gasteiger partial charge in [0, 0.05) is 18.1 Å². The summed E-state index contributed by atoms with van der Waals surface area (Å²) in [5, 5.41) is 9.37. The average molecular weight is 341 g/mol. The number of sulfonamides is 1. The molecular weight excluding hydrogens is 328 g/mol. The van der Waals surface area contributed by atoms with Gasteiger partial charge in [0.15, 0.2) is 0 Å². The smallest absolute Gasteiger partial charge is 0.206 e. The van der Waals surface area contributed by atoms with Crippen molar-refractivity contribution < 1.29 is 8.42 Å². The van der Waals surface area contributed by atoms with Crippen molar-refractivity contribution in [1.29, 1.82) is 5.26 Å². The summed E-state index contributed by atoms with van der Waals surface area (Å²) in [6.45, 7) is 1.79. The Morgan fingerprint density at radius 1 is 1.33 bits per heavy atom. The Hall–Kier alpha value is -1.39. The number of rotatable bonds is 4. The lowest BCUT2D eigenvalue weighted by Gasteiger charge is -2.24. The maximum atomic E-state index is 12.6. The lowest BCUT2D eigenvalue weighted by molar-refractivity contribution is 0.399. The number of thiophene rings is 1. The first-order valence-electron chi connectivity index (χ1n) is 6.09. The molecule has 1 atom stereocenters. The number of nitrogens with zero attached hydrogens (tertiary/aromatic N) is 2. The molecule has 2 aromatic rings. The third-order valence-corrected chi connectivity index (χ3v) is 6.82. The fourth-order valence-electron chi connectivity index (χ4n) is 1.85. The predicted octanol–water partition coefficient (Wildman–Crippen LogP) is 3.65. The van der Waals surface area contributed by atoms with Crippen molar-refractivity contribution in [2.75, 3.05) is 7.05 Å². The second kappa shape index (κ2) is 6.16. The van der Waals surface area contributed by atoms with Crippen LogP contribution in [-0.4, -0.2) is 19.8 Å². The van der Waals surface area contributed by atoms with Gasteiger partial charge in [0.2, 0.25) is 0 Å².